The molecule has 1 aromatic heterocycles. The van der Waals surface area contributed by atoms with Crippen LogP contribution in [0.3, 0.4) is 0 Å². The third-order valence-corrected chi connectivity index (χ3v) is 5.43. The van der Waals surface area contributed by atoms with Crippen LogP contribution in [0.2, 0.25) is 0 Å². The molecule has 0 amide bonds. The number of hydrogen-bond donors (Lipinski definition) is 1. The van der Waals surface area contributed by atoms with Crippen LogP contribution in [0.1, 0.15) is 19.6 Å². The minimum Gasteiger partial charge on any atom is -0.360 e. The Bertz CT molecular complexity index is 960. The van der Waals surface area contributed by atoms with Crippen molar-refractivity contribution in [3.8, 4) is 22.4 Å². The van der Waals surface area contributed by atoms with Crippen molar-refractivity contribution < 1.29 is 12.9 Å². The van der Waals surface area contributed by atoms with Crippen LogP contribution < -0.4 is 4.72 Å². The largest absolute Gasteiger partial charge is 0.360 e. The maximum atomic E-state index is 12.3. The van der Waals surface area contributed by atoms with E-state index in [1.54, 1.807) is 38.1 Å². The first-order valence-electron chi connectivity index (χ1n) is 8.03. The lowest BCUT2D eigenvalue weighted by Gasteiger charge is -2.10. The summed E-state index contributed by atoms with van der Waals surface area (Å²) in [5, 5.41) is 4.17. The molecule has 0 aliphatic rings. The molecule has 0 atom stereocenters. The van der Waals surface area contributed by atoms with E-state index < -0.39 is 10.0 Å². The summed E-state index contributed by atoms with van der Waals surface area (Å²) >= 11 is 0. The third kappa shape index (κ3) is 3.65. The van der Waals surface area contributed by atoms with Crippen molar-refractivity contribution >= 4 is 10.0 Å². The Labute approximate surface area is 147 Å². The fourth-order valence-corrected chi connectivity index (χ4v) is 3.94. The predicted octanol–water partition coefficient (Wildman–Crippen LogP) is 4.00. The first kappa shape index (κ1) is 17.4. The van der Waals surface area contributed by atoms with Gasteiger partial charge in [-0.15, -0.1) is 0 Å². The van der Waals surface area contributed by atoms with Gasteiger partial charge in [-0.05, 0) is 38.5 Å². The molecule has 0 fully saturated rings. The zero-order valence-electron chi connectivity index (χ0n) is 14.4. The molecule has 0 saturated carbocycles. The summed E-state index contributed by atoms with van der Waals surface area (Å²) in [6.07, 6.45) is 0. The summed E-state index contributed by atoms with van der Waals surface area (Å²) < 4.78 is 32.5. The fraction of sp³-hybridized carbons (Fsp3) is 0.211. The molecule has 0 bridgehead atoms. The highest BCUT2D eigenvalue weighted by Gasteiger charge is 2.19. The van der Waals surface area contributed by atoms with Gasteiger partial charge in [0.1, 0.15) is 11.5 Å². The van der Waals surface area contributed by atoms with E-state index >= 15 is 0 Å². The fourth-order valence-electron chi connectivity index (χ4n) is 2.68. The second-order valence-electron chi connectivity index (χ2n) is 6.13. The smallest absolute Gasteiger partial charge is 0.240 e. The van der Waals surface area contributed by atoms with Crippen LogP contribution in [-0.4, -0.2) is 19.6 Å². The van der Waals surface area contributed by atoms with Gasteiger partial charge >= 0.3 is 0 Å². The normalized spacial score (nSPS) is 11.8. The second-order valence-corrected chi connectivity index (χ2v) is 7.84. The van der Waals surface area contributed by atoms with Gasteiger partial charge in [-0.1, -0.05) is 47.6 Å². The lowest BCUT2D eigenvalue weighted by atomic mass is 10.00. The average Bonchev–Trinajstić information content (AvgIpc) is 2.96. The Kier molecular flexibility index (Phi) is 4.74. The Morgan fingerprint density at radius 3 is 2.20 bits per heavy atom. The first-order valence-corrected chi connectivity index (χ1v) is 9.51. The maximum absolute atomic E-state index is 12.3. The molecule has 1 heterocycles. The van der Waals surface area contributed by atoms with Gasteiger partial charge in [0.25, 0.3) is 0 Å². The van der Waals surface area contributed by atoms with E-state index in [0.717, 1.165) is 22.4 Å². The van der Waals surface area contributed by atoms with Gasteiger partial charge in [0.2, 0.25) is 10.0 Å². The second kappa shape index (κ2) is 6.82. The lowest BCUT2D eigenvalue weighted by Crippen LogP contribution is -2.30. The first-order chi connectivity index (χ1) is 11.9. The predicted molar refractivity (Wildman–Crippen MR) is 97.6 cm³/mol. The van der Waals surface area contributed by atoms with Gasteiger partial charge in [0, 0.05) is 11.6 Å². The van der Waals surface area contributed by atoms with Crippen molar-refractivity contribution in [1.82, 2.24) is 9.88 Å². The van der Waals surface area contributed by atoms with Crippen molar-refractivity contribution in [2.24, 2.45) is 0 Å². The van der Waals surface area contributed by atoms with Crippen LogP contribution in [0.4, 0.5) is 0 Å². The van der Waals surface area contributed by atoms with E-state index in [2.05, 4.69) is 9.88 Å². The summed E-state index contributed by atoms with van der Waals surface area (Å²) in [4.78, 5) is 0.236. The lowest BCUT2D eigenvalue weighted by molar-refractivity contribution is 0.400. The van der Waals surface area contributed by atoms with E-state index in [4.69, 9.17) is 4.52 Å². The Morgan fingerprint density at radius 1 is 0.960 bits per heavy atom. The van der Waals surface area contributed by atoms with E-state index in [9.17, 15) is 8.42 Å². The van der Waals surface area contributed by atoms with E-state index in [0.29, 0.717) is 5.76 Å². The van der Waals surface area contributed by atoms with Gasteiger partial charge < -0.3 is 4.52 Å². The zero-order valence-corrected chi connectivity index (χ0v) is 15.2. The topological polar surface area (TPSA) is 72.2 Å². The number of aryl methyl sites for hydroxylation is 1. The SMILES string of the molecule is Cc1onc(-c2ccccc2)c1-c1ccc(S(=O)(=O)NC(C)C)cc1. The van der Waals surface area contributed by atoms with Crippen molar-refractivity contribution in [2.75, 3.05) is 0 Å². The molecule has 0 spiro atoms. The number of nitrogens with zero attached hydrogens (tertiary/aromatic N) is 1. The standard InChI is InChI=1S/C19H20N2O3S/c1-13(2)21-25(22,23)17-11-9-15(10-12-17)18-14(3)24-20-19(18)16-7-5-4-6-8-16/h4-13,21H,1-3H3. The summed E-state index contributed by atoms with van der Waals surface area (Å²) in [5.74, 6) is 0.690. The zero-order chi connectivity index (χ0) is 18.0. The van der Waals surface area contributed by atoms with E-state index in [-0.39, 0.29) is 10.9 Å². The molecule has 3 rings (SSSR count). The monoisotopic (exact) mass is 356 g/mol. The molecule has 0 radical (unpaired) electrons. The van der Waals surface area contributed by atoms with Crippen LogP contribution in [0.5, 0.6) is 0 Å². The Hall–Kier alpha value is -2.44. The van der Waals surface area contributed by atoms with Crippen molar-refractivity contribution in [3.05, 3.63) is 60.4 Å². The summed E-state index contributed by atoms with van der Waals surface area (Å²) in [6.45, 7) is 5.43. The highest BCUT2D eigenvalue weighted by Crippen LogP contribution is 2.34. The highest BCUT2D eigenvalue weighted by atomic mass is 32.2. The summed E-state index contributed by atoms with van der Waals surface area (Å²) in [6, 6.07) is 16.3. The summed E-state index contributed by atoms with van der Waals surface area (Å²) in [7, 11) is -3.51. The van der Waals surface area contributed by atoms with Crippen LogP contribution >= 0.6 is 0 Å². The van der Waals surface area contributed by atoms with Gasteiger partial charge in [-0.2, -0.15) is 0 Å². The maximum Gasteiger partial charge on any atom is 0.240 e. The van der Waals surface area contributed by atoms with Crippen LogP contribution in [0.25, 0.3) is 22.4 Å². The van der Waals surface area contributed by atoms with Gasteiger partial charge in [0.05, 0.1) is 10.5 Å². The van der Waals surface area contributed by atoms with Crippen molar-refractivity contribution in [1.29, 1.82) is 0 Å². The molecule has 130 valence electrons. The molecular weight excluding hydrogens is 336 g/mol. The average molecular weight is 356 g/mol. The van der Waals surface area contributed by atoms with Gasteiger partial charge in [-0.3, -0.25) is 0 Å². The summed E-state index contributed by atoms with van der Waals surface area (Å²) in [5.41, 5.74) is 3.43. The number of rotatable bonds is 5. The molecule has 5 nitrogen and oxygen atoms in total. The minimum atomic E-state index is -3.51. The van der Waals surface area contributed by atoms with Crippen LogP contribution in [-0.2, 0) is 10.0 Å². The van der Waals surface area contributed by atoms with Crippen LogP contribution in [0, 0.1) is 6.92 Å². The van der Waals surface area contributed by atoms with Crippen molar-refractivity contribution in [2.45, 2.75) is 31.7 Å². The number of sulfonamides is 1. The molecule has 0 unspecified atom stereocenters. The quantitative estimate of drug-likeness (QED) is 0.750. The molecule has 25 heavy (non-hydrogen) atoms. The molecular formula is C19H20N2O3S. The molecule has 0 aliphatic carbocycles. The van der Waals surface area contributed by atoms with Crippen molar-refractivity contribution in [3.63, 3.8) is 0 Å². The molecule has 2 aromatic carbocycles. The molecule has 3 aromatic rings. The van der Waals surface area contributed by atoms with Gasteiger partial charge in [0.15, 0.2) is 0 Å². The molecule has 6 heteroatoms. The van der Waals surface area contributed by atoms with Gasteiger partial charge in [-0.25, -0.2) is 13.1 Å². The molecule has 0 aliphatic heterocycles. The minimum absolute atomic E-state index is 0.158. The number of hydrogen-bond acceptors (Lipinski definition) is 4. The number of nitrogens with one attached hydrogen (secondary N) is 1. The Morgan fingerprint density at radius 2 is 1.60 bits per heavy atom. The third-order valence-electron chi connectivity index (χ3n) is 3.75. The number of aromatic nitrogens is 1. The van der Waals surface area contributed by atoms with E-state index in [1.165, 1.54) is 0 Å². The highest BCUT2D eigenvalue weighted by molar-refractivity contribution is 7.89. The van der Waals surface area contributed by atoms with Crippen LogP contribution in [0.15, 0.2) is 64.0 Å². The Balaban J connectivity index is 2.01. The molecule has 0 saturated heterocycles. The van der Waals surface area contributed by atoms with E-state index in [1.807, 2.05) is 37.3 Å². The molecule has 1 N–H and O–H groups in total. The number of benzene rings is 2.